The van der Waals surface area contributed by atoms with Crippen LogP contribution >= 0.6 is 28.6 Å². The van der Waals surface area contributed by atoms with Gasteiger partial charge in [-0.05, 0) is 46.1 Å². The second kappa shape index (κ2) is 7.30. The van der Waals surface area contributed by atoms with Crippen molar-refractivity contribution in [1.29, 1.82) is 5.26 Å². The summed E-state index contributed by atoms with van der Waals surface area (Å²) in [5.41, 5.74) is 2.23. The van der Waals surface area contributed by atoms with Crippen molar-refractivity contribution in [3.8, 4) is 6.07 Å². The predicted molar refractivity (Wildman–Crippen MR) is 90.4 cm³/mol. The molecular weight excluding hydrogens is 348 g/mol. The summed E-state index contributed by atoms with van der Waals surface area (Å²) in [6.45, 7) is 0. The van der Waals surface area contributed by atoms with E-state index in [-0.39, 0.29) is 5.91 Å². The number of anilines is 1. The summed E-state index contributed by atoms with van der Waals surface area (Å²) in [4.78, 5) is 12.2. The summed E-state index contributed by atoms with van der Waals surface area (Å²) in [7, 11) is 0. The van der Waals surface area contributed by atoms with E-state index in [1.807, 2.05) is 36.4 Å². The molecule has 0 aromatic heterocycles. The number of nitrogens with zero attached hydrogens (tertiary/aromatic N) is 1. The monoisotopic (exact) mass is 360 g/mol. The molecule has 0 spiro atoms. The third-order valence-corrected chi connectivity index (χ3v) is 4.00. The van der Waals surface area contributed by atoms with Gasteiger partial charge in [0, 0.05) is 4.47 Å². The van der Waals surface area contributed by atoms with Gasteiger partial charge < -0.3 is 5.32 Å². The number of carbonyl (C=O) groups is 1. The Hall–Kier alpha value is -1.77. The Bertz CT molecular complexity index is 682. The van der Waals surface area contributed by atoms with E-state index >= 15 is 0 Å². The summed E-state index contributed by atoms with van der Waals surface area (Å²) < 4.78 is 0.676. The van der Waals surface area contributed by atoms with Gasteiger partial charge in [-0.1, -0.05) is 30.3 Å². The zero-order valence-corrected chi connectivity index (χ0v) is 13.6. The third-order valence-electron chi connectivity index (χ3n) is 2.93. The molecule has 0 aliphatic carbocycles. The lowest BCUT2D eigenvalue weighted by molar-refractivity contribution is -0.115. The average Bonchev–Trinajstić information content (AvgIpc) is 2.50. The number of nitriles is 1. The van der Waals surface area contributed by atoms with Crippen LogP contribution in [0.2, 0.25) is 0 Å². The molecule has 0 aliphatic rings. The van der Waals surface area contributed by atoms with Gasteiger partial charge in [-0.25, -0.2) is 0 Å². The first-order chi connectivity index (χ1) is 10.1. The summed E-state index contributed by atoms with van der Waals surface area (Å²) in [5, 5.41) is 11.2. The van der Waals surface area contributed by atoms with Gasteiger partial charge in [0.2, 0.25) is 5.91 Å². The van der Waals surface area contributed by atoms with E-state index in [2.05, 4.69) is 33.9 Å². The van der Waals surface area contributed by atoms with Gasteiger partial charge in [-0.3, -0.25) is 4.79 Å². The highest BCUT2D eigenvalue weighted by molar-refractivity contribution is 9.10. The lowest BCUT2D eigenvalue weighted by atomic mass is 10.1. The Balaban J connectivity index is 2.03. The van der Waals surface area contributed by atoms with Crippen molar-refractivity contribution in [1.82, 2.24) is 0 Å². The van der Waals surface area contributed by atoms with Gasteiger partial charge in [0.25, 0.3) is 0 Å². The van der Waals surface area contributed by atoms with E-state index in [0.29, 0.717) is 22.1 Å². The number of nitrogens with one attached hydrogen (secondary N) is 1. The van der Waals surface area contributed by atoms with Crippen molar-refractivity contribution in [3.63, 3.8) is 0 Å². The number of thiol groups is 1. The van der Waals surface area contributed by atoms with E-state index in [0.717, 1.165) is 5.56 Å². The molecule has 2 aromatic rings. The van der Waals surface area contributed by atoms with Crippen LogP contribution in [0.1, 0.15) is 11.1 Å². The first-order valence-corrected chi connectivity index (χ1v) is 7.63. The van der Waals surface area contributed by atoms with Gasteiger partial charge in [-0.15, -0.1) is 0 Å². The number of hydrogen-bond donors (Lipinski definition) is 2. The first kappa shape index (κ1) is 15.6. The molecule has 21 heavy (non-hydrogen) atoms. The number of benzene rings is 2. The molecular formula is C16H13BrN2OS. The molecule has 5 heteroatoms. The molecule has 0 saturated heterocycles. The molecule has 2 aromatic carbocycles. The number of hydrogen-bond acceptors (Lipinski definition) is 3. The minimum absolute atomic E-state index is 0.174. The van der Waals surface area contributed by atoms with E-state index in [9.17, 15) is 4.79 Å². The van der Waals surface area contributed by atoms with Crippen LogP contribution < -0.4 is 5.32 Å². The zero-order chi connectivity index (χ0) is 15.2. The maximum atomic E-state index is 12.2. The molecule has 1 amide bonds. The Kier molecular flexibility index (Phi) is 5.43. The Morgan fingerprint density at radius 2 is 2.00 bits per heavy atom. The molecule has 3 nitrogen and oxygen atoms in total. The fourth-order valence-corrected chi connectivity index (χ4v) is 2.59. The second-order valence-electron chi connectivity index (χ2n) is 4.50. The fraction of sp³-hybridized carbons (Fsp3) is 0.125. The van der Waals surface area contributed by atoms with E-state index in [1.54, 1.807) is 18.2 Å². The maximum absolute atomic E-state index is 12.2. The Morgan fingerprint density at radius 3 is 2.62 bits per heavy atom. The van der Waals surface area contributed by atoms with Crippen molar-refractivity contribution < 1.29 is 4.79 Å². The number of amides is 1. The van der Waals surface area contributed by atoms with Gasteiger partial charge >= 0.3 is 0 Å². The highest BCUT2D eigenvalue weighted by Gasteiger charge is 2.15. The van der Waals surface area contributed by atoms with Gasteiger partial charge in [0.15, 0.2) is 0 Å². The minimum atomic E-state index is -0.435. The lowest BCUT2D eigenvalue weighted by Crippen LogP contribution is -2.25. The van der Waals surface area contributed by atoms with Crippen LogP contribution in [-0.2, 0) is 11.2 Å². The molecule has 106 valence electrons. The summed E-state index contributed by atoms with van der Waals surface area (Å²) in [5.74, 6) is -0.174. The third kappa shape index (κ3) is 4.35. The van der Waals surface area contributed by atoms with Gasteiger partial charge in [0.1, 0.15) is 0 Å². The van der Waals surface area contributed by atoms with E-state index in [1.165, 1.54) is 0 Å². The maximum Gasteiger partial charge on any atom is 0.237 e. The summed E-state index contributed by atoms with van der Waals surface area (Å²) in [6.07, 6.45) is 0.559. The SMILES string of the molecule is N#Cc1ccc(NC(=O)C(S)Cc2ccccc2)c(Br)c1. The molecule has 0 fully saturated rings. The normalized spacial score (nSPS) is 11.5. The van der Waals surface area contributed by atoms with E-state index < -0.39 is 5.25 Å². The standard InChI is InChI=1S/C16H13BrN2OS/c17-13-8-12(10-18)6-7-14(13)19-16(20)15(21)9-11-4-2-1-3-5-11/h1-8,15,21H,9H2,(H,19,20). The molecule has 1 N–H and O–H groups in total. The minimum Gasteiger partial charge on any atom is -0.324 e. The molecule has 0 radical (unpaired) electrons. The van der Waals surface area contributed by atoms with Crippen molar-refractivity contribution in [3.05, 3.63) is 64.1 Å². The second-order valence-corrected chi connectivity index (χ2v) is 5.98. The summed E-state index contributed by atoms with van der Waals surface area (Å²) >= 11 is 7.70. The number of rotatable bonds is 4. The zero-order valence-electron chi connectivity index (χ0n) is 11.1. The quantitative estimate of drug-likeness (QED) is 0.814. The van der Waals surface area contributed by atoms with Crippen LogP contribution in [0, 0.1) is 11.3 Å². The van der Waals surface area contributed by atoms with Crippen LogP contribution in [0.5, 0.6) is 0 Å². The molecule has 1 unspecified atom stereocenters. The van der Waals surface area contributed by atoms with Crippen LogP contribution in [0.15, 0.2) is 53.0 Å². The van der Waals surface area contributed by atoms with Crippen LogP contribution in [-0.4, -0.2) is 11.2 Å². The number of carbonyl (C=O) groups excluding carboxylic acids is 1. The molecule has 0 bridgehead atoms. The molecule has 0 aliphatic heterocycles. The Labute approximate surface area is 137 Å². The Morgan fingerprint density at radius 1 is 1.29 bits per heavy atom. The highest BCUT2D eigenvalue weighted by atomic mass is 79.9. The van der Waals surface area contributed by atoms with Crippen molar-refractivity contribution in [2.75, 3.05) is 5.32 Å². The smallest absolute Gasteiger partial charge is 0.237 e. The van der Waals surface area contributed by atoms with Crippen LogP contribution in [0.3, 0.4) is 0 Å². The van der Waals surface area contributed by atoms with Crippen LogP contribution in [0.4, 0.5) is 5.69 Å². The van der Waals surface area contributed by atoms with Crippen molar-refractivity contribution in [2.24, 2.45) is 0 Å². The molecule has 2 rings (SSSR count). The predicted octanol–water partition coefficient (Wildman–Crippen LogP) is 3.80. The van der Waals surface area contributed by atoms with Crippen molar-refractivity contribution in [2.45, 2.75) is 11.7 Å². The molecule has 1 atom stereocenters. The summed E-state index contributed by atoms with van der Waals surface area (Å²) in [6, 6.07) is 16.8. The number of halogens is 1. The topological polar surface area (TPSA) is 52.9 Å². The highest BCUT2D eigenvalue weighted by Crippen LogP contribution is 2.24. The largest absolute Gasteiger partial charge is 0.324 e. The van der Waals surface area contributed by atoms with Crippen LogP contribution in [0.25, 0.3) is 0 Å². The van der Waals surface area contributed by atoms with Gasteiger partial charge in [0.05, 0.1) is 22.6 Å². The molecule has 0 heterocycles. The first-order valence-electron chi connectivity index (χ1n) is 6.32. The average molecular weight is 361 g/mol. The molecule has 0 saturated carbocycles. The van der Waals surface area contributed by atoms with Crippen molar-refractivity contribution >= 4 is 40.2 Å². The van der Waals surface area contributed by atoms with Gasteiger partial charge in [-0.2, -0.15) is 17.9 Å². The van der Waals surface area contributed by atoms with E-state index in [4.69, 9.17) is 5.26 Å². The fourth-order valence-electron chi connectivity index (χ4n) is 1.83. The lowest BCUT2D eigenvalue weighted by Gasteiger charge is -2.13.